The summed E-state index contributed by atoms with van der Waals surface area (Å²) in [4.78, 5) is 17.9. The Bertz CT molecular complexity index is 1050. The monoisotopic (exact) mass is 377 g/mol. The summed E-state index contributed by atoms with van der Waals surface area (Å²) in [5, 5.41) is 28.4. The summed E-state index contributed by atoms with van der Waals surface area (Å²) in [6.45, 7) is 0.436. The van der Waals surface area contributed by atoms with E-state index in [1.165, 1.54) is 6.21 Å². The zero-order valence-corrected chi connectivity index (χ0v) is 14.6. The largest absolute Gasteiger partial charge is 0.378 e. The Morgan fingerprint density at radius 1 is 1.36 bits per heavy atom. The van der Waals surface area contributed by atoms with Crippen LogP contribution in [0.3, 0.4) is 0 Å². The summed E-state index contributed by atoms with van der Waals surface area (Å²) in [6.07, 6.45) is 4.64. The Kier molecular flexibility index (Phi) is 5.52. The molecule has 3 rings (SSSR count). The maximum absolute atomic E-state index is 11.1. The molecule has 2 heterocycles. The Morgan fingerprint density at radius 2 is 2.14 bits per heavy atom. The highest BCUT2D eigenvalue weighted by Gasteiger charge is 2.20. The van der Waals surface area contributed by atoms with Gasteiger partial charge in [0, 0.05) is 17.3 Å². The summed E-state index contributed by atoms with van der Waals surface area (Å²) in [5.74, 6) is -0.376. The predicted molar refractivity (Wildman–Crippen MR) is 102 cm³/mol. The number of rotatable bonds is 7. The van der Waals surface area contributed by atoms with E-state index in [1.54, 1.807) is 10.9 Å². The molecule has 0 amide bonds. The van der Waals surface area contributed by atoms with E-state index in [2.05, 4.69) is 31.7 Å². The molecule has 0 radical (unpaired) electrons. The second-order valence-corrected chi connectivity index (χ2v) is 5.55. The first kappa shape index (κ1) is 18.5. The van der Waals surface area contributed by atoms with Gasteiger partial charge in [0.15, 0.2) is 0 Å². The van der Waals surface area contributed by atoms with Crippen molar-refractivity contribution in [1.29, 1.82) is 5.26 Å². The molecule has 11 heteroatoms. The molecule has 140 valence electrons. The number of nitrogens with two attached hydrogens (primary N) is 1. The number of anilines is 2. The van der Waals surface area contributed by atoms with Crippen molar-refractivity contribution in [2.45, 2.75) is 13.0 Å². The fourth-order valence-corrected chi connectivity index (χ4v) is 2.45. The molecule has 0 fully saturated rings. The van der Waals surface area contributed by atoms with E-state index in [0.717, 1.165) is 11.9 Å². The number of hydrogen-bond donors (Lipinski definition) is 2. The first-order valence-corrected chi connectivity index (χ1v) is 8.14. The highest BCUT2D eigenvalue weighted by Crippen LogP contribution is 2.26. The standard InChI is InChI=1S/C17H15N9O2/c18-7-4-8-25-10-13(14(24-25)12-5-2-1-3-6-12)9-22-23-17-15(26(27)28)16(19)20-11-21-17/h1-3,5-6,9-11H,4,8H2,(H3,19,20,21,23)/b22-9-. The Balaban J connectivity index is 1.90. The SMILES string of the molecule is N#CCCn1cc(/C=N\Nc2ncnc(N)c2[N+](=O)[O-])c(-c2ccccc2)n1. The number of nitro groups is 1. The first-order chi connectivity index (χ1) is 13.6. The van der Waals surface area contributed by atoms with Crippen molar-refractivity contribution in [2.24, 2.45) is 5.10 Å². The fourth-order valence-electron chi connectivity index (χ4n) is 2.45. The maximum atomic E-state index is 11.1. The van der Waals surface area contributed by atoms with Crippen LogP contribution < -0.4 is 11.2 Å². The van der Waals surface area contributed by atoms with Crippen molar-refractivity contribution in [3.05, 3.63) is 58.5 Å². The minimum atomic E-state index is -0.678. The molecular formula is C17H15N9O2. The van der Waals surface area contributed by atoms with Crippen molar-refractivity contribution >= 4 is 23.5 Å². The lowest BCUT2D eigenvalue weighted by Crippen LogP contribution is -2.04. The van der Waals surface area contributed by atoms with E-state index in [0.29, 0.717) is 24.2 Å². The van der Waals surface area contributed by atoms with Crippen LogP contribution in [0.5, 0.6) is 0 Å². The molecule has 3 N–H and O–H groups in total. The molecule has 0 aliphatic heterocycles. The number of aryl methyl sites for hydroxylation is 1. The van der Waals surface area contributed by atoms with Crippen LogP contribution in [0.25, 0.3) is 11.3 Å². The molecule has 0 atom stereocenters. The summed E-state index contributed by atoms with van der Waals surface area (Å²) in [7, 11) is 0. The second kappa shape index (κ2) is 8.37. The van der Waals surface area contributed by atoms with Crippen LogP contribution in [0.4, 0.5) is 17.3 Å². The molecule has 0 aliphatic rings. The zero-order valence-electron chi connectivity index (χ0n) is 14.6. The number of hydrazone groups is 1. The van der Waals surface area contributed by atoms with E-state index in [9.17, 15) is 10.1 Å². The van der Waals surface area contributed by atoms with Crippen LogP contribution in [-0.2, 0) is 6.54 Å². The quantitative estimate of drug-likeness (QED) is 0.360. The molecule has 0 saturated carbocycles. The van der Waals surface area contributed by atoms with Crippen molar-refractivity contribution in [1.82, 2.24) is 19.7 Å². The zero-order chi connectivity index (χ0) is 19.9. The normalized spacial score (nSPS) is 10.7. The van der Waals surface area contributed by atoms with Crippen LogP contribution >= 0.6 is 0 Å². The Hall–Kier alpha value is -4.33. The molecule has 3 aromatic rings. The molecule has 0 unspecified atom stereocenters. The van der Waals surface area contributed by atoms with Gasteiger partial charge < -0.3 is 5.73 Å². The van der Waals surface area contributed by atoms with Crippen molar-refractivity contribution < 1.29 is 4.92 Å². The number of nitriles is 1. The van der Waals surface area contributed by atoms with Gasteiger partial charge in [0.05, 0.1) is 30.2 Å². The van der Waals surface area contributed by atoms with Gasteiger partial charge in [0.25, 0.3) is 0 Å². The summed E-state index contributed by atoms with van der Waals surface area (Å²) in [5.41, 5.74) is 9.81. The van der Waals surface area contributed by atoms with E-state index in [4.69, 9.17) is 11.0 Å². The van der Waals surface area contributed by atoms with Gasteiger partial charge in [-0.1, -0.05) is 30.3 Å². The van der Waals surface area contributed by atoms with Crippen LogP contribution in [0.15, 0.2) is 48.0 Å². The van der Waals surface area contributed by atoms with Gasteiger partial charge >= 0.3 is 5.69 Å². The van der Waals surface area contributed by atoms with Crippen molar-refractivity contribution in [3.8, 4) is 17.3 Å². The van der Waals surface area contributed by atoms with Gasteiger partial charge in [-0.2, -0.15) is 15.5 Å². The van der Waals surface area contributed by atoms with Crippen LogP contribution in [0.1, 0.15) is 12.0 Å². The minimum Gasteiger partial charge on any atom is -0.378 e. The highest BCUT2D eigenvalue weighted by molar-refractivity contribution is 5.89. The fraction of sp³-hybridized carbons (Fsp3) is 0.118. The average molecular weight is 377 g/mol. The van der Waals surface area contributed by atoms with Gasteiger partial charge in [-0.15, -0.1) is 0 Å². The number of hydrogen-bond acceptors (Lipinski definition) is 9. The number of aromatic nitrogens is 4. The lowest BCUT2D eigenvalue weighted by molar-refractivity contribution is -0.383. The van der Waals surface area contributed by atoms with E-state index in [1.807, 2.05) is 30.3 Å². The Morgan fingerprint density at radius 3 is 2.86 bits per heavy atom. The molecule has 0 saturated heterocycles. The topological polar surface area (TPSA) is 161 Å². The van der Waals surface area contributed by atoms with Gasteiger partial charge in [-0.05, 0) is 0 Å². The molecule has 28 heavy (non-hydrogen) atoms. The number of nitrogens with one attached hydrogen (secondary N) is 1. The van der Waals surface area contributed by atoms with Gasteiger partial charge in [0.1, 0.15) is 12.0 Å². The second-order valence-electron chi connectivity index (χ2n) is 5.55. The third-order valence-electron chi connectivity index (χ3n) is 3.70. The molecule has 0 bridgehead atoms. The first-order valence-electron chi connectivity index (χ1n) is 8.14. The molecule has 0 spiro atoms. The molecule has 11 nitrogen and oxygen atoms in total. The van der Waals surface area contributed by atoms with Gasteiger partial charge in [0.2, 0.25) is 11.6 Å². The summed E-state index contributed by atoms with van der Waals surface area (Å²) < 4.78 is 1.65. The summed E-state index contributed by atoms with van der Waals surface area (Å²) in [6, 6.07) is 11.5. The lowest BCUT2D eigenvalue weighted by atomic mass is 10.1. The summed E-state index contributed by atoms with van der Waals surface area (Å²) >= 11 is 0. The molecule has 1 aromatic carbocycles. The highest BCUT2D eigenvalue weighted by atomic mass is 16.6. The lowest BCUT2D eigenvalue weighted by Gasteiger charge is -2.02. The van der Waals surface area contributed by atoms with Gasteiger partial charge in [-0.3, -0.25) is 20.2 Å². The van der Waals surface area contributed by atoms with E-state index in [-0.39, 0.29) is 11.6 Å². The third-order valence-corrected chi connectivity index (χ3v) is 3.70. The van der Waals surface area contributed by atoms with E-state index < -0.39 is 10.6 Å². The molecular weight excluding hydrogens is 362 g/mol. The van der Waals surface area contributed by atoms with Gasteiger partial charge in [-0.25, -0.2) is 9.97 Å². The Labute approximate surface area is 159 Å². The number of nitrogens with zero attached hydrogens (tertiary/aromatic N) is 7. The van der Waals surface area contributed by atoms with Crippen LogP contribution in [0.2, 0.25) is 0 Å². The van der Waals surface area contributed by atoms with Crippen LogP contribution in [0, 0.1) is 21.4 Å². The number of benzene rings is 1. The van der Waals surface area contributed by atoms with Crippen LogP contribution in [-0.4, -0.2) is 30.9 Å². The third kappa shape index (κ3) is 4.07. The predicted octanol–water partition coefficient (Wildman–Crippen LogP) is 2.19. The maximum Gasteiger partial charge on any atom is 0.354 e. The van der Waals surface area contributed by atoms with E-state index >= 15 is 0 Å². The average Bonchev–Trinajstić information content (AvgIpc) is 3.10. The van der Waals surface area contributed by atoms with Crippen molar-refractivity contribution in [3.63, 3.8) is 0 Å². The minimum absolute atomic E-state index is 0.119. The smallest absolute Gasteiger partial charge is 0.354 e. The molecule has 0 aliphatic carbocycles. The molecule has 2 aromatic heterocycles. The number of nitrogen functional groups attached to an aromatic ring is 1. The van der Waals surface area contributed by atoms with Crippen molar-refractivity contribution in [2.75, 3.05) is 11.2 Å².